The van der Waals surface area contributed by atoms with Gasteiger partial charge in [0, 0.05) is 12.6 Å². The van der Waals surface area contributed by atoms with Gasteiger partial charge < -0.3 is 10.2 Å². The molecule has 0 aromatic heterocycles. The van der Waals surface area contributed by atoms with Crippen molar-refractivity contribution in [1.29, 1.82) is 0 Å². The predicted octanol–water partition coefficient (Wildman–Crippen LogP) is 3.89. The van der Waals surface area contributed by atoms with Gasteiger partial charge in [0.15, 0.2) is 0 Å². The molecule has 21 heavy (non-hydrogen) atoms. The summed E-state index contributed by atoms with van der Waals surface area (Å²) in [7, 11) is 0. The van der Waals surface area contributed by atoms with Gasteiger partial charge in [-0.3, -0.25) is 0 Å². The molecule has 0 radical (unpaired) electrons. The van der Waals surface area contributed by atoms with E-state index < -0.39 is 0 Å². The van der Waals surface area contributed by atoms with Gasteiger partial charge in [-0.25, -0.2) is 0 Å². The van der Waals surface area contributed by atoms with Gasteiger partial charge in [-0.1, -0.05) is 51.1 Å². The van der Waals surface area contributed by atoms with Crippen molar-refractivity contribution in [1.82, 2.24) is 10.2 Å². The molecule has 0 amide bonds. The van der Waals surface area contributed by atoms with E-state index in [0.29, 0.717) is 5.92 Å². The van der Waals surface area contributed by atoms with Crippen LogP contribution in [0.4, 0.5) is 0 Å². The summed E-state index contributed by atoms with van der Waals surface area (Å²) in [6.45, 7) is 11.9. The summed E-state index contributed by atoms with van der Waals surface area (Å²) < 4.78 is 0. The van der Waals surface area contributed by atoms with E-state index in [2.05, 4.69) is 61.3 Å². The summed E-state index contributed by atoms with van der Waals surface area (Å²) >= 11 is 0. The number of hydrogen-bond acceptors (Lipinski definition) is 2. The number of rotatable bonds is 7. The van der Waals surface area contributed by atoms with Crippen molar-refractivity contribution in [3.8, 4) is 0 Å². The molecule has 3 atom stereocenters. The second-order valence-corrected chi connectivity index (χ2v) is 6.73. The molecule has 1 fully saturated rings. The number of nitrogens with zero attached hydrogens (tertiary/aromatic N) is 1. The van der Waals surface area contributed by atoms with Gasteiger partial charge in [0.2, 0.25) is 0 Å². The Balaban J connectivity index is 1.73. The highest BCUT2D eigenvalue weighted by Crippen LogP contribution is 2.22. The largest absolute Gasteiger partial charge is 0.314 e. The molecule has 1 aromatic carbocycles. The fourth-order valence-electron chi connectivity index (χ4n) is 3.39. The fourth-order valence-corrected chi connectivity index (χ4v) is 3.39. The third-order valence-electron chi connectivity index (χ3n) is 4.89. The number of piperidine rings is 1. The Morgan fingerprint density at radius 1 is 1.29 bits per heavy atom. The van der Waals surface area contributed by atoms with E-state index in [-0.39, 0.29) is 0 Å². The third-order valence-corrected chi connectivity index (χ3v) is 4.89. The number of benzene rings is 1. The number of likely N-dealkylation sites (tertiary alicyclic amines) is 1. The average Bonchev–Trinajstić information content (AvgIpc) is 2.52. The molecular formula is C19H32N2. The zero-order valence-corrected chi connectivity index (χ0v) is 14.0. The smallest absolute Gasteiger partial charge is 0.0117 e. The van der Waals surface area contributed by atoms with Crippen molar-refractivity contribution in [3.63, 3.8) is 0 Å². The molecule has 2 nitrogen and oxygen atoms in total. The standard InChI is InChI=1S/C19H32N2/c1-4-12-20-19-11-14-21(15-17(19)3)13-10-16(2)18-8-6-5-7-9-18/h5-9,16-17,19-20H,4,10-15H2,1-3H3. The van der Waals surface area contributed by atoms with Crippen molar-refractivity contribution in [3.05, 3.63) is 35.9 Å². The molecule has 1 N–H and O–H groups in total. The molecule has 1 heterocycles. The molecule has 2 heteroatoms. The van der Waals surface area contributed by atoms with E-state index in [1.165, 1.54) is 51.0 Å². The maximum absolute atomic E-state index is 3.71. The van der Waals surface area contributed by atoms with Crippen LogP contribution < -0.4 is 5.32 Å². The minimum atomic E-state index is 0.664. The van der Waals surface area contributed by atoms with E-state index in [4.69, 9.17) is 0 Å². The van der Waals surface area contributed by atoms with E-state index in [1.54, 1.807) is 0 Å². The molecule has 0 aliphatic carbocycles. The zero-order chi connectivity index (χ0) is 15.1. The van der Waals surface area contributed by atoms with Crippen LogP contribution in [-0.4, -0.2) is 37.1 Å². The van der Waals surface area contributed by atoms with Gasteiger partial charge in [-0.05, 0) is 56.3 Å². The van der Waals surface area contributed by atoms with Crippen LogP contribution in [0.2, 0.25) is 0 Å². The maximum atomic E-state index is 3.71. The molecule has 2 rings (SSSR count). The molecule has 1 saturated heterocycles. The van der Waals surface area contributed by atoms with Crippen LogP contribution in [0.15, 0.2) is 30.3 Å². The second-order valence-electron chi connectivity index (χ2n) is 6.73. The molecule has 1 aliphatic heterocycles. The minimum absolute atomic E-state index is 0.664. The van der Waals surface area contributed by atoms with Crippen LogP contribution in [-0.2, 0) is 0 Å². The summed E-state index contributed by atoms with van der Waals surface area (Å²) in [6, 6.07) is 11.7. The summed E-state index contributed by atoms with van der Waals surface area (Å²) in [5.74, 6) is 1.44. The van der Waals surface area contributed by atoms with Crippen LogP contribution in [0.1, 0.15) is 51.5 Å². The quantitative estimate of drug-likeness (QED) is 0.819. The van der Waals surface area contributed by atoms with E-state index in [1.807, 2.05) is 0 Å². The van der Waals surface area contributed by atoms with Crippen molar-refractivity contribution >= 4 is 0 Å². The Kier molecular flexibility index (Phi) is 6.72. The Labute approximate surface area is 130 Å². The van der Waals surface area contributed by atoms with Crippen LogP contribution in [0.5, 0.6) is 0 Å². The van der Waals surface area contributed by atoms with Gasteiger partial charge >= 0.3 is 0 Å². The van der Waals surface area contributed by atoms with Crippen LogP contribution >= 0.6 is 0 Å². The lowest BCUT2D eigenvalue weighted by molar-refractivity contribution is 0.144. The Morgan fingerprint density at radius 3 is 2.71 bits per heavy atom. The van der Waals surface area contributed by atoms with Crippen LogP contribution in [0, 0.1) is 5.92 Å². The average molecular weight is 288 g/mol. The molecular weight excluding hydrogens is 256 g/mol. The first kappa shape index (κ1) is 16.5. The topological polar surface area (TPSA) is 15.3 Å². The SMILES string of the molecule is CCCNC1CCN(CCC(C)c2ccccc2)CC1C. The molecule has 1 aromatic rings. The van der Waals surface area contributed by atoms with Crippen molar-refractivity contribution in [2.75, 3.05) is 26.2 Å². The summed E-state index contributed by atoms with van der Waals surface area (Å²) in [4.78, 5) is 2.66. The molecule has 0 spiro atoms. The van der Waals surface area contributed by atoms with Gasteiger partial charge in [-0.15, -0.1) is 0 Å². The first-order valence-electron chi connectivity index (χ1n) is 8.71. The van der Waals surface area contributed by atoms with E-state index in [0.717, 1.165) is 12.0 Å². The monoisotopic (exact) mass is 288 g/mol. The first-order valence-corrected chi connectivity index (χ1v) is 8.71. The van der Waals surface area contributed by atoms with E-state index >= 15 is 0 Å². The van der Waals surface area contributed by atoms with Crippen molar-refractivity contribution in [2.24, 2.45) is 5.92 Å². The highest BCUT2D eigenvalue weighted by Gasteiger charge is 2.25. The molecule has 0 bridgehead atoms. The Morgan fingerprint density at radius 2 is 2.05 bits per heavy atom. The highest BCUT2D eigenvalue weighted by atomic mass is 15.1. The Bertz CT molecular complexity index is 390. The van der Waals surface area contributed by atoms with Gasteiger partial charge in [0.25, 0.3) is 0 Å². The maximum Gasteiger partial charge on any atom is 0.0117 e. The van der Waals surface area contributed by atoms with Gasteiger partial charge in [0.1, 0.15) is 0 Å². The normalized spacial score (nSPS) is 24.9. The van der Waals surface area contributed by atoms with Crippen LogP contribution in [0.25, 0.3) is 0 Å². The lowest BCUT2D eigenvalue weighted by Gasteiger charge is -2.37. The Hall–Kier alpha value is -0.860. The van der Waals surface area contributed by atoms with Crippen molar-refractivity contribution < 1.29 is 0 Å². The van der Waals surface area contributed by atoms with Gasteiger partial charge in [-0.2, -0.15) is 0 Å². The first-order chi connectivity index (χ1) is 10.2. The summed E-state index contributed by atoms with van der Waals surface area (Å²) in [6.07, 6.45) is 3.81. The molecule has 0 saturated carbocycles. The third kappa shape index (κ3) is 5.12. The summed E-state index contributed by atoms with van der Waals surface area (Å²) in [5, 5.41) is 3.71. The van der Waals surface area contributed by atoms with E-state index in [9.17, 15) is 0 Å². The van der Waals surface area contributed by atoms with Crippen LogP contribution in [0.3, 0.4) is 0 Å². The number of nitrogens with one attached hydrogen (secondary N) is 1. The number of hydrogen-bond donors (Lipinski definition) is 1. The molecule has 1 aliphatic rings. The molecule has 3 unspecified atom stereocenters. The minimum Gasteiger partial charge on any atom is -0.314 e. The molecule has 118 valence electrons. The summed E-state index contributed by atoms with van der Waals surface area (Å²) in [5.41, 5.74) is 1.48. The highest BCUT2D eigenvalue weighted by molar-refractivity contribution is 5.18. The van der Waals surface area contributed by atoms with Crippen molar-refractivity contribution in [2.45, 2.75) is 52.0 Å². The zero-order valence-electron chi connectivity index (χ0n) is 14.0. The lowest BCUT2D eigenvalue weighted by atomic mass is 9.92. The second kappa shape index (κ2) is 8.55. The lowest BCUT2D eigenvalue weighted by Crippen LogP contribution is -2.48. The predicted molar refractivity (Wildman–Crippen MR) is 91.8 cm³/mol. The van der Waals surface area contributed by atoms with Gasteiger partial charge in [0.05, 0.1) is 0 Å². The fraction of sp³-hybridized carbons (Fsp3) is 0.684.